The van der Waals surface area contributed by atoms with Gasteiger partial charge in [0.15, 0.2) is 0 Å². The second kappa shape index (κ2) is 5.03. The summed E-state index contributed by atoms with van der Waals surface area (Å²) in [5.41, 5.74) is 1.54. The summed E-state index contributed by atoms with van der Waals surface area (Å²) in [7, 11) is -2.90. The molecule has 1 atom stereocenters. The van der Waals surface area contributed by atoms with E-state index in [9.17, 15) is 17.6 Å². The lowest BCUT2D eigenvalue weighted by Crippen LogP contribution is -2.39. The normalized spacial score (nSPS) is 27.5. The van der Waals surface area contributed by atoms with Crippen LogP contribution in [0.5, 0.6) is 0 Å². The maximum absolute atomic E-state index is 13.8. The Balaban J connectivity index is 1.46. The highest BCUT2D eigenvalue weighted by molar-refractivity contribution is 7.91. The van der Waals surface area contributed by atoms with E-state index in [2.05, 4.69) is 0 Å². The van der Waals surface area contributed by atoms with E-state index < -0.39 is 9.84 Å². The summed E-state index contributed by atoms with van der Waals surface area (Å²) in [6.07, 6.45) is 2.60. The van der Waals surface area contributed by atoms with Crippen LogP contribution in [0.15, 0.2) is 18.2 Å². The Morgan fingerprint density at radius 1 is 1.26 bits per heavy atom. The molecule has 2 heterocycles. The van der Waals surface area contributed by atoms with Gasteiger partial charge in [-0.3, -0.25) is 4.79 Å². The molecule has 6 heteroatoms. The molecule has 4 nitrogen and oxygen atoms in total. The zero-order valence-electron chi connectivity index (χ0n) is 12.9. The van der Waals surface area contributed by atoms with E-state index in [1.807, 2.05) is 11.0 Å². The van der Waals surface area contributed by atoms with Gasteiger partial charge < -0.3 is 4.90 Å². The summed E-state index contributed by atoms with van der Waals surface area (Å²) >= 11 is 0. The van der Waals surface area contributed by atoms with E-state index in [1.165, 1.54) is 6.07 Å². The monoisotopic (exact) mass is 337 g/mol. The topological polar surface area (TPSA) is 54.5 Å². The van der Waals surface area contributed by atoms with Crippen molar-refractivity contribution in [3.63, 3.8) is 0 Å². The molecule has 1 aromatic carbocycles. The lowest BCUT2D eigenvalue weighted by atomic mass is 9.94. The Morgan fingerprint density at radius 2 is 2.00 bits per heavy atom. The third kappa shape index (κ3) is 2.57. The third-order valence-corrected chi connectivity index (χ3v) is 7.48. The first-order valence-electron chi connectivity index (χ1n) is 8.16. The quantitative estimate of drug-likeness (QED) is 0.787. The fourth-order valence-corrected chi connectivity index (χ4v) is 5.80. The van der Waals surface area contributed by atoms with Gasteiger partial charge in [0, 0.05) is 19.0 Å². The Bertz CT molecular complexity index is 760. The first-order chi connectivity index (χ1) is 10.9. The average Bonchev–Trinajstić information content (AvgIpc) is 3.24. The molecule has 1 saturated heterocycles. The number of rotatable bonds is 1. The van der Waals surface area contributed by atoms with Gasteiger partial charge in [0.1, 0.15) is 15.7 Å². The lowest BCUT2D eigenvalue weighted by Gasteiger charge is -2.31. The molecule has 0 radical (unpaired) electrons. The van der Waals surface area contributed by atoms with E-state index in [-0.39, 0.29) is 34.6 Å². The molecule has 4 rings (SSSR count). The summed E-state index contributed by atoms with van der Waals surface area (Å²) in [5.74, 6) is 0.331. The highest BCUT2D eigenvalue weighted by Gasteiger charge is 2.60. The number of sulfone groups is 1. The van der Waals surface area contributed by atoms with E-state index in [4.69, 9.17) is 0 Å². The minimum Gasteiger partial charge on any atom is -0.338 e. The first kappa shape index (κ1) is 15.1. The first-order valence-corrected chi connectivity index (χ1v) is 9.98. The molecule has 23 heavy (non-hydrogen) atoms. The second-order valence-electron chi connectivity index (χ2n) is 7.16. The maximum Gasteiger partial charge on any atom is 0.226 e. The van der Waals surface area contributed by atoms with Crippen molar-refractivity contribution in [1.82, 2.24) is 4.90 Å². The van der Waals surface area contributed by atoms with Crippen LogP contribution in [-0.4, -0.2) is 37.3 Å². The highest BCUT2D eigenvalue weighted by Crippen LogP contribution is 2.60. The van der Waals surface area contributed by atoms with Gasteiger partial charge in [0.2, 0.25) is 5.91 Å². The van der Waals surface area contributed by atoms with Crippen molar-refractivity contribution < 1.29 is 17.6 Å². The minimum absolute atomic E-state index is 0.0342. The summed E-state index contributed by atoms with van der Waals surface area (Å²) < 4.78 is 36.9. The molecule has 0 N–H and O–H groups in total. The number of amides is 1. The zero-order chi connectivity index (χ0) is 16.2. The molecular weight excluding hydrogens is 317 g/mol. The fourth-order valence-electron chi connectivity index (χ4n) is 4.17. The van der Waals surface area contributed by atoms with Crippen LogP contribution in [0.25, 0.3) is 0 Å². The molecule has 1 aromatic rings. The molecule has 2 aliphatic heterocycles. The molecular formula is C17H20FNO3S. The predicted octanol–water partition coefficient (Wildman–Crippen LogP) is 1.93. The van der Waals surface area contributed by atoms with Crippen molar-refractivity contribution in [2.24, 2.45) is 11.3 Å². The van der Waals surface area contributed by atoms with Crippen LogP contribution in [0.4, 0.5) is 4.39 Å². The van der Waals surface area contributed by atoms with Crippen LogP contribution < -0.4 is 0 Å². The Labute approximate surface area is 135 Å². The van der Waals surface area contributed by atoms with Gasteiger partial charge in [-0.05, 0) is 48.3 Å². The summed E-state index contributed by atoms with van der Waals surface area (Å²) in [6, 6.07) is 5.04. The van der Waals surface area contributed by atoms with Gasteiger partial charge in [-0.15, -0.1) is 0 Å². The molecule has 1 aliphatic carbocycles. The molecule has 3 aliphatic rings. The van der Waals surface area contributed by atoms with Crippen LogP contribution in [0.2, 0.25) is 0 Å². The van der Waals surface area contributed by atoms with E-state index in [0.717, 1.165) is 17.5 Å². The van der Waals surface area contributed by atoms with Gasteiger partial charge in [-0.2, -0.15) is 0 Å². The standard InChI is InChI=1S/C17H20FNO3S/c18-15-3-1-2-12-11-19(7-4-13(12)15)16(20)14-10-17(14)5-8-23(21,22)9-6-17/h1-3,14H,4-11H2. The smallest absolute Gasteiger partial charge is 0.226 e. The molecule has 1 saturated carbocycles. The lowest BCUT2D eigenvalue weighted by molar-refractivity contribution is -0.134. The molecule has 1 amide bonds. The molecule has 1 unspecified atom stereocenters. The Kier molecular flexibility index (Phi) is 3.31. The number of hydrogen-bond donors (Lipinski definition) is 0. The Morgan fingerprint density at radius 3 is 2.74 bits per heavy atom. The van der Waals surface area contributed by atoms with Gasteiger partial charge >= 0.3 is 0 Å². The van der Waals surface area contributed by atoms with Crippen LogP contribution in [-0.2, 0) is 27.6 Å². The van der Waals surface area contributed by atoms with Gasteiger partial charge in [0.25, 0.3) is 0 Å². The number of halogens is 1. The van der Waals surface area contributed by atoms with Crippen LogP contribution in [0.1, 0.15) is 30.4 Å². The summed E-state index contributed by atoms with van der Waals surface area (Å²) in [5, 5.41) is 0. The predicted molar refractivity (Wildman–Crippen MR) is 83.9 cm³/mol. The van der Waals surface area contributed by atoms with E-state index >= 15 is 0 Å². The van der Waals surface area contributed by atoms with Crippen molar-refractivity contribution >= 4 is 15.7 Å². The van der Waals surface area contributed by atoms with Crippen LogP contribution >= 0.6 is 0 Å². The summed E-state index contributed by atoms with van der Waals surface area (Å²) in [4.78, 5) is 14.6. The van der Waals surface area contributed by atoms with Gasteiger partial charge in [-0.25, -0.2) is 12.8 Å². The fraction of sp³-hybridized carbons (Fsp3) is 0.588. The molecule has 0 bridgehead atoms. The maximum atomic E-state index is 13.8. The highest BCUT2D eigenvalue weighted by atomic mass is 32.2. The Hall–Kier alpha value is -1.43. The number of carbonyl (C=O) groups excluding carboxylic acids is 1. The second-order valence-corrected chi connectivity index (χ2v) is 9.46. The van der Waals surface area contributed by atoms with Crippen LogP contribution in [0.3, 0.4) is 0 Å². The van der Waals surface area contributed by atoms with Gasteiger partial charge in [0.05, 0.1) is 11.5 Å². The van der Waals surface area contributed by atoms with Crippen molar-refractivity contribution in [2.75, 3.05) is 18.1 Å². The van der Waals surface area contributed by atoms with Crippen molar-refractivity contribution in [2.45, 2.75) is 32.2 Å². The average molecular weight is 337 g/mol. The minimum atomic E-state index is -2.90. The van der Waals surface area contributed by atoms with Crippen LogP contribution in [0, 0.1) is 17.2 Å². The third-order valence-electron chi connectivity index (χ3n) is 5.83. The number of hydrogen-bond acceptors (Lipinski definition) is 3. The van der Waals surface area contributed by atoms with Crippen molar-refractivity contribution in [1.29, 1.82) is 0 Å². The van der Waals surface area contributed by atoms with Crippen molar-refractivity contribution in [3.05, 3.63) is 35.1 Å². The largest absolute Gasteiger partial charge is 0.338 e. The molecule has 124 valence electrons. The SMILES string of the molecule is O=C(C1CC12CCS(=O)(=O)CC2)N1CCc2c(F)cccc2C1. The van der Waals surface area contributed by atoms with E-state index in [0.29, 0.717) is 32.4 Å². The van der Waals surface area contributed by atoms with Crippen molar-refractivity contribution in [3.8, 4) is 0 Å². The van der Waals surface area contributed by atoms with E-state index in [1.54, 1.807) is 6.07 Å². The number of nitrogens with zero attached hydrogens (tertiary/aromatic N) is 1. The number of benzene rings is 1. The molecule has 2 fully saturated rings. The molecule has 0 aromatic heterocycles. The molecule has 1 spiro atoms. The van der Waals surface area contributed by atoms with Gasteiger partial charge in [-0.1, -0.05) is 12.1 Å². The summed E-state index contributed by atoms with van der Waals surface area (Å²) in [6.45, 7) is 1.02. The number of carbonyl (C=O) groups is 1. The number of fused-ring (bicyclic) bond motifs is 1. The zero-order valence-corrected chi connectivity index (χ0v) is 13.7.